The summed E-state index contributed by atoms with van der Waals surface area (Å²) < 4.78 is 0. The van der Waals surface area contributed by atoms with Crippen LogP contribution in [0, 0.1) is 0 Å². The standard InChI is InChI=1S/Co.6Na.4S/q+2;6*+1;4*-2. The fourth-order valence-corrected chi connectivity index (χ4v) is 0. The molecule has 0 rings (SSSR count). The molecule has 0 nitrogen and oxygen atoms in total. The maximum absolute atomic E-state index is 0. The molecule has 0 unspecified atom stereocenters. The third-order valence-electron chi connectivity index (χ3n) is 0. The van der Waals surface area contributed by atoms with Crippen LogP contribution in [0.15, 0.2) is 0 Å². The van der Waals surface area contributed by atoms with Gasteiger partial charge in [0.25, 0.3) is 0 Å². The van der Waals surface area contributed by atoms with Gasteiger partial charge in [-0.15, -0.1) is 0 Å². The van der Waals surface area contributed by atoms with Crippen molar-refractivity contribution in [3.8, 4) is 0 Å². The Balaban J connectivity index is 0. The van der Waals surface area contributed by atoms with Crippen LogP contribution in [0.4, 0.5) is 0 Å². The Morgan fingerprint density at radius 3 is 0.273 bits per heavy atom. The van der Waals surface area contributed by atoms with Gasteiger partial charge in [-0.2, -0.15) is 0 Å². The molecule has 0 bridgehead atoms. The predicted octanol–water partition coefficient (Wildman–Crippen LogP) is -18.0. The van der Waals surface area contributed by atoms with Crippen LogP contribution in [0.1, 0.15) is 0 Å². The normalized spacial score (nSPS) is 0. The van der Waals surface area contributed by atoms with Crippen molar-refractivity contribution in [2.24, 2.45) is 0 Å². The monoisotopic (exact) mass is 325 g/mol. The summed E-state index contributed by atoms with van der Waals surface area (Å²) in [5, 5.41) is 0. The van der Waals surface area contributed by atoms with Crippen molar-refractivity contribution in [3.05, 3.63) is 0 Å². The molecular formula is CoNa6S4. The van der Waals surface area contributed by atoms with Crippen LogP contribution in [0.25, 0.3) is 0 Å². The smallest absolute Gasteiger partial charge is 2.00 e. The van der Waals surface area contributed by atoms with Crippen molar-refractivity contribution in [2.45, 2.75) is 0 Å². The molecule has 0 aliphatic rings. The second-order valence-electron chi connectivity index (χ2n) is 0. The first-order valence-corrected chi connectivity index (χ1v) is 0. The molecule has 11 heavy (non-hydrogen) atoms. The number of rotatable bonds is 0. The third-order valence-corrected chi connectivity index (χ3v) is 0. The first-order valence-electron chi connectivity index (χ1n) is 0. The SMILES string of the molecule is [Co+2].[Na+].[Na+].[Na+].[Na+].[Na+].[Na+].[S-2].[S-2].[S-2].[S-2]. The Bertz CT molecular complexity index is 14.5. The van der Waals surface area contributed by atoms with Gasteiger partial charge in [0.2, 0.25) is 0 Å². The summed E-state index contributed by atoms with van der Waals surface area (Å²) in [4.78, 5) is 0. The van der Waals surface area contributed by atoms with E-state index in [1.807, 2.05) is 0 Å². The minimum absolute atomic E-state index is 0. The maximum atomic E-state index is 0. The topological polar surface area (TPSA) is 0 Å². The summed E-state index contributed by atoms with van der Waals surface area (Å²) in [5.41, 5.74) is 0. The van der Waals surface area contributed by atoms with Crippen molar-refractivity contribution in [1.29, 1.82) is 0 Å². The Morgan fingerprint density at radius 2 is 0.273 bits per heavy atom. The first-order chi connectivity index (χ1) is 0. The summed E-state index contributed by atoms with van der Waals surface area (Å²) in [6.45, 7) is 0. The molecule has 39 valence electrons. The summed E-state index contributed by atoms with van der Waals surface area (Å²) in [6, 6.07) is 0. The average Bonchev–Trinajstić information content (AvgIpc) is 0. The molecular weight excluding hydrogens is 325 g/mol. The third kappa shape index (κ3) is 72.5. The largest absolute Gasteiger partial charge is 2.00 e. The Kier molecular flexibility index (Phi) is 722. The minimum Gasteiger partial charge on any atom is -2.00 e. The van der Waals surface area contributed by atoms with E-state index in [0.717, 1.165) is 0 Å². The van der Waals surface area contributed by atoms with Crippen LogP contribution >= 0.6 is 0 Å². The van der Waals surface area contributed by atoms with Crippen LogP contribution in [-0.2, 0) is 70.8 Å². The van der Waals surface area contributed by atoms with E-state index in [9.17, 15) is 0 Å². The summed E-state index contributed by atoms with van der Waals surface area (Å²) in [7, 11) is 0. The Hall–Kier alpha value is 7.91. The maximum Gasteiger partial charge on any atom is 2.00 e. The van der Waals surface area contributed by atoms with E-state index >= 15 is 0 Å². The van der Waals surface area contributed by atoms with Crippen molar-refractivity contribution in [3.63, 3.8) is 0 Å². The van der Waals surface area contributed by atoms with Crippen LogP contribution < -0.4 is 177 Å². The van der Waals surface area contributed by atoms with Crippen LogP contribution in [0.3, 0.4) is 0 Å². The molecule has 0 atom stereocenters. The van der Waals surface area contributed by atoms with Crippen molar-refractivity contribution >= 4 is 54.0 Å². The average molecular weight is 325 g/mol. The number of hydrogen-bond donors (Lipinski definition) is 0. The molecule has 0 amide bonds. The van der Waals surface area contributed by atoms with Crippen LogP contribution in [-0.4, -0.2) is 0 Å². The summed E-state index contributed by atoms with van der Waals surface area (Å²) in [6.07, 6.45) is 0. The molecule has 0 aliphatic carbocycles. The molecule has 1 radical (unpaired) electrons. The van der Waals surface area contributed by atoms with Gasteiger partial charge < -0.3 is 54.0 Å². The molecule has 0 aromatic heterocycles. The minimum atomic E-state index is 0. The zero-order valence-corrected chi connectivity index (χ0v) is 24.3. The van der Waals surface area contributed by atoms with Gasteiger partial charge in [0.05, 0.1) is 0 Å². The van der Waals surface area contributed by atoms with Gasteiger partial charge in [0, 0.05) is 0 Å². The summed E-state index contributed by atoms with van der Waals surface area (Å²) >= 11 is 0. The molecule has 0 aromatic rings. The molecule has 0 aliphatic heterocycles. The Morgan fingerprint density at radius 1 is 0.273 bits per heavy atom. The quantitative estimate of drug-likeness (QED) is 0.388. The van der Waals surface area contributed by atoms with E-state index in [-0.39, 0.29) is 248 Å². The van der Waals surface area contributed by atoms with Gasteiger partial charge in [-0.05, 0) is 0 Å². The van der Waals surface area contributed by atoms with E-state index in [1.165, 1.54) is 0 Å². The fourth-order valence-electron chi connectivity index (χ4n) is 0. The van der Waals surface area contributed by atoms with Crippen LogP contribution in [0.2, 0.25) is 0 Å². The Labute approximate surface area is 241 Å². The molecule has 0 spiro atoms. The molecule has 0 saturated heterocycles. The molecule has 0 heterocycles. The van der Waals surface area contributed by atoms with E-state index in [4.69, 9.17) is 0 Å². The second-order valence-corrected chi connectivity index (χ2v) is 0. The van der Waals surface area contributed by atoms with E-state index in [1.54, 1.807) is 0 Å². The fraction of sp³-hybridized carbons (Fsp3) is 0. The molecule has 0 saturated carbocycles. The van der Waals surface area contributed by atoms with E-state index < -0.39 is 0 Å². The molecule has 0 N–H and O–H groups in total. The van der Waals surface area contributed by atoms with Gasteiger partial charge in [0.1, 0.15) is 0 Å². The van der Waals surface area contributed by atoms with Gasteiger partial charge in [-0.3, -0.25) is 0 Å². The van der Waals surface area contributed by atoms with Crippen LogP contribution in [0.5, 0.6) is 0 Å². The van der Waals surface area contributed by atoms with Gasteiger partial charge in [-0.1, -0.05) is 0 Å². The number of hydrogen-bond acceptors (Lipinski definition) is 0. The van der Waals surface area contributed by atoms with Gasteiger partial charge >= 0.3 is 194 Å². The van der Waals surface area contributed by atoms with Crippen molar-refractivity contribution in [1.82, 2.24) is 0 Å². The second kappa shape index (κ2) is 81.9. The van der Waals surface area contributed by atoms with Crippen molar-refractivity contribution in [2.75, 3.05) is 0 Å². The van der Waals surface area contributed by atoms with Gasteiger partial charge in [0.15, 0.2) is 0 Å². The predicted molar refractivity (Wildman–Crippen MR) is 29.5 cm³/mol. The first kappa shape index (κ1) is 97.0. The van der Waals surface area contributed by atoms with Gasteiger partial charge in [-0.25, -0.2) is 0 Å². The van der Waals surface area contributed by atoms with E-state index in [2.05, 4.69) is 0 Å². The molecule has 11 heteroatoms. The zero-order valence-electron chi connectivity index (χ0n) is 7.97. The van der Waals surface area contributed by atoms with Crippen molar-refractivity contribution < 1.29 is 194 Å². The molecule has 0 fully saturated rings. The zero-order chi connectivity index (χ0) is 0. The summed E-state index contributed by atoms with van der Waals surface area (Å²) in [5.74, 6) is 0. The molecule has 0 aromatic carbocycles. The van der Waals surface area contributed by atoms with E-state index in [0.29, 0.717) is 0 Å².